The lowest BCUT2D eigenvalue weighted by atomic mass is 10.0. The molecule has 0 saturated carbocycles. The summed E-state index contributed by atoms with van der Waals surface area (Å²) >= 11 is 0. The minimum atomic E-state index is -1.27. The predicted molar refractivity (Wildman–Crippen MR) is 45.1 cm³/mol. The Hall–Kier alpha value is -1.14. The summed E-state index contributed by atoms with van der Waals surface area (Å²) in [5, 5.41) is 11.3. The zero-order valence-corrected chi connectivity index (χ0v) is 7.66. The van der Waals surface area contributed by atoms with Gasteiger partial charge in [-0.05, 0) is 6.92 Å². The van der Waals surface area contributed by atoms with Crippen LogP contribution in [-0.4, -0.2) is 42.8 Å². The number of hydrogen-bond donors (Lipinski definition) is 3. The molecule has 0 bridgehead atoms. The van der Waals surface area contributed by atoms with E-state index in [-0.39, 0.29) is 13.2 Å². The van der Waals surface area contributed by atoms with Crippen LogP contribution in [0.4, 0.5) is 0 Å². The van der Waals surface area contributed by atoms with E-state index in [0.29, 0.717) is 0 Å². The van der Waals surface area contributed by atoms with Crippen molar-refractivity contribution in [2.24, 2.45) is 5.73 Å². The molecule has 0 aliphatic heterocycles. The lowest BCUT2D eigenvalue weighted by Gasteiger charge is -2.24. The Morgan fingerprint density at radius 3 is 2.46 bits per heavy atom. The summed E-state index contributed by atoms with van der Waals surface area (Å²) in [5.41, 5.74) is 3.59. The van der Waals surface area contributed by atoms with Gasteiger partial charge in [-0.15, -0.1) is 0 Å². The van der Waals surface area contributed by atoms with Crippen LogP contribution in [0.5, 0.6) is 0 Å². The van der Waals surface area contributed by atoms with Crippen LogP contribution in [-0.2, 0) is 14.3 Å². The van der Waals surface area contributed by atoms with Crippen LogP contribution in [0.3, 0.4) is 0 Å². The van der Waals surface area contributed by atoms with E-state index in [4.69, 9.17) is 15.6 Å². The van der Waals surface area contributed by atoms with Gasteiger partial charge in [0.05, 0.1) is 13.2 Å². The average Bonchev–Trinajstić information content (AvgIpc) is 2.01. The van der Waals surface area contributed by atoms with Crippen molar-refractivity contribution in [3.8, 4) is 0 Å². The second-order valence-electron chi connectivity index (χ2n) is 2.89. The summed E-state index contributed by atoms with van der Waals surface area (Å²) in [5.74, 6) is -1.70. The summed E-state index contributed by atoms with van der Waals surface area (Å²) in [6.07, 6.45) is 0. The molecule has 76 valence electrons. The summed E-state index contributed by atoms with van der Waals surface area (Å²) in [4.78, 5) is 21.1. The Morgan fingerprint density at radius 2 is 2.15 bits per heavy atom. The number of nitrogens with one attached hydrogen (secondary N) is 1. The van der Waals surface area contributed by atoms with Crippen molar-refractivity contribution in [2.75, 3.05) is 20.3 Å². The number of carboxylic acid groups (broad SMARTS) is 1. The normalized spacial score (nSPS) is 14.9. The maximum absolute atomic E-state index is 10.7. The van der Waals surface area contributed by atoms with Crippen LogP contribution in [0, 0.1) is 0 Å². The van der Waals surface area contributed by atoms with E-state index in [1.807, 2.05) is 0 Å². The molecule has 6 nitrogen and oxygen atoms in total. The molecule has 0 aromatic heterocycles. The van der Waals surface area contributed by atoms with E-state index < -0.39 is 17.4 Å². The smallest absolute Gasteiger partial charge is 0.326 e. The second kappa shape index (κ2) is 4.78. The van der Waals surface area contributed by atoms with Crippen molar-refractivity contribution >= 4 is 11.9 Å². The molecule has 1 amide bonds. The van der Waals surface area contributed by atoms with Crippen molar-refractivity contribution in [3.05, 3.63) is 0 Å². The zero-order valence-electron chi connectivity index (χ0n) is 7.66. The minimum Gasteiger partial charge on any atom is -0.480 e. The number of carboxylic acids is 1. The van der Waals surface area contributed by atoms with Crippen molar-refractivity contribution in [1.82, 2.24) is 5.32 Å². The van der Waals surface area contributed by atoms with Gasteiger partial charge in [-0.25, -0.2) is 0 Å². The van der Waals surface area contributed by atoms with E-state index in [2.05, 4.69) is 5.32 Å². The Morgan fingerprint density at radius 1 is 1.62 bits per heavy atom. The van der Waals surface area contributed by atoms with Gasteiger partial charge in [0.2, 0.25) is 5.91 Å². The molecule has 0 radical (unpaired) electrons. The Kier molecular flexibility index (Phi) is 4.36. The van der Waals surface area contributed by atoms with Crippen molar-refractivity contribution in [3.63, 3.8) is 0 Å². The summed E-state index contributed by atoms with van der Waals surface area (Å²) in [7, 11) is 1.38. The van der Waals surface area contributed by atoms with Gasteiger partial charge >= 0.3 is 5.97 Å². The van der Waals surface area contributed by atoms with Crippen molar-refractivity contribution in [1.29, 1.82) is 0 Å². The minimum absolute atomic E-state index is 0.0321. The molecule has 13 heavy (non-hydrogen) atoms. The fourth-order valence-corrected chi connectivity index (χ4v) is 0.759. The second-order valence-corrected chi connectivity index (χ2v) is 2.89. The molecule has 0 aliphatic rings. The third-order valence-electron chi connectivity index (χ3n) is 1.56. The molecule has 4 N–H and O–H groups in total. The maximum atomic E-state index is 10.7. The van der Waals surface area contributed by atoms with E-state index >= 15 is 0 Å². The summed E-state index contributed by atoms with van der Waals surface area (Å²) in [6.45, 7) is 1.20. The summed E-state index contributed by atoms with van der Waals surface area (Å²) < 4.78 is 4.71. The van der Waals surface area contributed by atoms with Crippen LogP contribution >= 0.6 is 0 Å². The standard InChI is InChI=1S/C7H14N2O4/c1-7(4-13-2,6(11)12)9-3-5(8)10/h9H,3-4H2,1-2H3,(H2,8,10)(H,11,12). The van der Waals surface area contributed by atoms with Gasteiger partial charge in [0.25, 0.3) is 0 Å². The van der Waals surface area contributed by atoms with Crippen LogP contribution < -0.4 is 11.1 Å². The number of rotatable bonds is 6. The highest BCUT2D eigenvalue weighted by Crippen LogP contribution is 2.03. The van der Waals surface area contributed by atoms with Crippen LogP contribution in [0.1, 0.15) is 6.92 Å². The number of primary amides is 1. The first-order valence-electron chi connectivity index (χ1n) is 3.68. The highest BCUT2D eigenvalue weighted by molar-refractivity contribution is 5.81. The topological polar surface area (TPSA) is 102 Å². The number of amides is 1. The molecular weight excluding hydrogens is 176 g/mol. The van der Waals surface area contributed by atoms with E-state index in [1.54, 1.807) is 0 Å². The number of aliphatic carboxylic acids is 1. The number of hydrogen-bond acceptors (Lipinski definition) is 4. The number of nitrogens with two attached hydrogens (primary N) is 1. The zero-order chi connectivity index (χ0) is 10.5. The summed E-state index contributed by atoms with van der Waals surface area (Å²) in [6, 6.07) is 0. The Labute approximate surface area is 76.0 Å². The van der Waals surface area contributed by atoms with E-state index in [1.165, 1.54) is 14.0 Å². The molecule has 0 fully saturated rings. The van der Waals surface area contributed by atoms with Gasteiger partial charge < -0.3 is 15.6 Å². The number of carbonyl (C=O) groups excluding carboxylic acids is 1. The largest absolute Gasteiger partial charge is 0.480 e. The lowest BCUT2D eigenvalue weighted by Crippen LogP contribution is -2.55. The highest BCUT2D eigenvalue weighted by atomic mass is 16.5. The number of carbonyl (C=O) groups is 2. The molecule has 6 heteroatoms. The molecule has 0 rings (SSSR count). The van der Waals surface area contributed by atoms with Crippen molar-refractivity contribution in [2.45, 2.75) is 12.5 Å². The third kappa shape index (κ3) is 3.86. The molecule has 0 aromatic rings. The Bertz CT molecular complexity index is 207. The fourth-order valence-electron chi connectivity index (χ4n) is 0.759. The maximum Gasteiger partial charge on any atom is 0.326 e. The lowest BCUT2D eigenvalue weighted by molar-refractivity contribution is -0.146. The SMILES string of the molecule is COCC(C)(NCC(N)=O)C(=O)O. The molecule has 0 saturated heterocycles. The molecule has 0 heterocycles. The number of methoxy groups -OCH3 is 1. The quantitative estimate of drug-likeness (QED) is 0.475. The monoisotopic (exact) mass is 190 g/mol. The molecule has 1 atom stereocenters. The number of ether oxygens (including phenoxy) is 1. The van der Waals surface area contributed by atoms with Crippen LogP contribution in [0.25, 0.3) is 0 Å². The van der Waals surface area contributed by atoms with Gasteiger partial charge in [-0.3, -0.25) is 14.9 Å². The van der Waals surface area contributed by atoms with Gasteiger partial charge in [0, 0.05) is 7.11 Å². The van der Waals surface area contributed by atoms with Gasteiger partial charge in [0.1, 0.15) is 5.54 Å². The fraction of sp³-hybridized carbons (Fsp3) is 0.714. The third-order valence-corrected chi connectivity index (χ3v) is 1.56. The van der Waals surface area contributed by atoms with Gasteiger partial charge in [-0.1, -0.05) is 0 Å². The van der Waals surface area contributed by atoms with E-state index in [0.717, 1.165) is 0 Å². The van der Waals surface area contributed by atoms with Gasteiger partial charge in [0.15, 0.2) is 0 Å². The first-order chi connectivity index (χ1) is 5.92. The first kappa shape index (κ1) is 11.9. The van der Waals surface area contributed by atoms with E-state index in [9.17, 15) is 9.59 Å². The molecule has 0 aromatic carbocycles. The van der Waals surface area contributed by atoms with Gasteiger partial charge in [-0.2, -0.15) is 0 Å². The highest BCUT2D eigenvalue weighted by Gasteiger charge is 2.32. The average molecular weight is 190 g/mol. The predicted octanol–water partition coefficient (Wildman–Crippen LogP) is -1.45. The van der Waals surface area contributed by atoms with Crippen LogP contribution in [0.15, 0.2) is 0 Å². The Balaban J connectivity index is 4.24. The first-order valence-corrected chi connectivity index (χ1v) is 3.68. The molecule has 0 aliphatic carbocycles. The molecular formula is C7H14N2O4. The van der Waals surface area contributed by atoms with Crippen molar-refractivity contribution < 1.29 is 19.4 Å². The molecule has 0 spiro atoms. The van der Waals surface area contributed by atoms with Crippen LogP contribution in [0.2, 0.25) is 0 Å². The molecule has 1 unspecified atom stereocenters.